The summed E-state index contributed by atoms with van der Waals surface area (Å²) >= 11 is 3.07. The van der Waals surface area contributed by atoms with Gasteiger partial charge in [0.05, 0.1) is 11.1 Å². The SMILES string of the molecule is Cc1ccnc(SCc2nc(NN)c3ccsc3n2)n1. The molecule has 0 spiro atoms. The van der Waals surface area contributed by atoms with Crippen LogP contribution >= 0.6 is 23.1 Å². The van der Waals surface area contributed by atoms with E-state index < -0.39 is 0 Å². The quantitative estimate of drug-likeness (QED) is 0.331. The second kappa shape index (κ2) is 5.70. The van der Waals surface area contributed by atoms with Crippen LogP contribution in [0.4, 0.5) is 5.82 Å². The fourth-order valence-corrected chi connectivity index (χ4v) is 3.21. The van der Waals surface area contributed by atoms with Crippen LogP contribution in [0.1, 0.15) is 11.5 Å². The third-order valence-corrected chi connectivity index (χ3v) is 4.28. The molecule has 0 amide bonds. The number of thioether (sulfide) groups is 1. The molecule has 0 fully saturated rings. The number of hydrogen-bond donors (Lipinski definition) is 2. The van der Waals surface area contributed by atoms with Crippen LogP contribution in [-0.2, 0) is 5.75 Å². The number of rotatable bonds is 4. The van der Waals surface area contributed by atoms with Gasteiger partial charge in [0.2, 0.25) is 0 Å². The first-order valence-electron chi connectivity index (χ1n) is 5.89. The first kappa shape index (κ1) is 13.2. The highest BCUT2D eigenvalue weighted by Crippen LogP contribution is 2.26. The maximum atomic E-state index is 5.50. The molecule has 3 heterocycles. The van der Waals surface area contributed by atoms with E-state index >= 15 is 0 Å². The van der Waals surface area contributed by atoms with Gasteiger partial charge < -0.3 is 5.43 Å². The molecule has 3 aromatic heterocycles. The summed E-state index contributed by atoms with van der Waals surface area (Å²) in [5, 5.41) is 3.64. The zero-order chi connectivity index (χ0) is 13.9. The Kier molecular flexibility index (Phi) is 3.77. The summed E-state index contributed by atoms with van der Waals surface area (Å²) in [7, 11) is 0. The van der Waals surface area contributed by atoms with E-state index in [2.05, 4.69) is 25.4 Å². The second-order valence-corrected chi connectivity index (χ2v) is 5.88. The minimum atomic E-state index is 0.603. The fraction of sp³-hybridized carbons (Fsp3) is 0.167. The van der Waals surface area contributed by atoms with Gasteiger partial charge in [-0.25, -0.2) is 25.8 Å². The van der Waals surface area contributed by atoms with Gasteiger partial charge in [-0.05, 0) is 24.4 Å². The summed E-state index contributed by atoms with van der Waals surface area (Å²) in [5.74, 6) is 7.47. The van der Waals surface area contributed by atoms with Gasteiger partial charge in [-0.1, -0.05) is 11.8 Å². The van der Waals surface area contributed by atoms with Crippen molar-refractivity contribution in [2.45, 2.75) is 17.8 Å². The number of aromatic nitrogens is 4. The Labute approximate surface area is 123 Å². The molecule has 3 rings (SSSR count). The van der Waals surface area contributed by atoms with Crippen LogP contribution in [0.3, 0.4) is 0 Å². The number of nitrogens with two attached hydrogens (primary N) is 1. The lowest BCUT2D eigenvalue weighted by Gasteiger charge is -2.04. The minimum Gasteiger partial charge on any atom is -0.308 e. The second-order valence-electron chi connectivity index (χ2n) is 4.04. The molecule has 8 heteroatoms. The molecule has 0 aliphatic carbocycles. The first-order chi connectivity index (χ1) is 9.76. The minimum absolute atomic E-state index is 0.603. The molecule has 3 N–H and O–H groups in total. The average molecular weight is 304 g/mol. The van der Waals surface area contributed by atoms with Crippen molar-refractivity contribution in [3.8, 4) is 0 Å². The fourth-order valence-electron chi connectivity index (χ4n) is 1.70. The molecule has 0 aliphatic rings. The lowest BCUT2D eigenvalue weighted by molar-refractivity contribution is 0.928. The number of aryl methyl sites for hydroxylation is 1. The van der Waals surface area contributed by atoms with Gasteiger partial charge in [0.25, 0.3) is 0 Å². The largest absolute Gasteiger partial charge is 0.308 e. The predicted octanol–water partition coefficient (Wildman–Crippen LogP) is 2.37. The van der Waals surface area contributed by atoms with E-state index in [0.29, 0.717) is 17.4 Å². The molecule has 6 nitrogen and oxygen atoms in total. The topological polar surface area (TPSA) is 89.6 Å². The highest BCUT2D eigenvalue weighted by molar-refractivity contribution is 7.98. The smallest absolute Gasteiger partial charge is 0.188 e. The number of hydrazine groups is 1. The van der Waals surface area contributed by atoms with Gasteiger partial charge in [-0.15, -0.1) is 11.3 Å². The zero-order valence-electron chi connectivity index (χ0n) is 10.7. The highest BCUT2D eigenvalue weighted by atomic mass is 32.2. The van der Waals surface area contributed by atoms with Crippen molar-refractivity contribution in [2.75, 3.05) is 5.43 Å². The number of nitrogens with one attached hydrogen (secondary N) is 1. The molecule has 0 saturated carbocycles. The van der Waals surface area contributed by atoms with E-state index in [9.17, 15) is 0 Å². The number of anilines is 1. The predicted molar refractivity (Wildman–Crippen MR) is 81.6 cm³/mol. The third-order valence-electron chi connectivity index (χ3n) is 2.61. The normalized spacial score (nSPS) is 10.9. The molecule has 0 unspecified atom stereocenters. The first-order valence-corrected chi connectivity index (χ1v) is 7.76. The lowest BCUT2D eigenvalue weighted by Crippen LogP contribution is -2.10. The van der Waals surface area contributed by atoms with Crippen LogP contribution in [0.2, 0.25) is 0 Å². The number of hydrogen-bond acceptors (Lipinski definition) is 8. The highest BCUT2D eigenvalue weighted by Gasteiger charge is 2.09. The number of thiophene rings is 1. The molecular formula is C12H12N6S2. The van der Waals surface area contributed by atoms with Crippen molar-refractivity contribution >= 4 is 39.1 Å². The Bertz CT molecular complexity index is 742. The van der Waals surface area contributed by atoms with Crippen molar-refractivity contribution in [1.82, 2.24) is 19.9 Å². The number of fused-ring (bicyclic) bond motifs is 1. The Morgan fingerprint density at radius 1 is 1.30 bits per heavy atom. The molecule has 102 valence electrons. The standard InChI is InChI=1S/C12H12N6S2/c1-7-2-4-14-12(15-7)20-6-9-16-10(18-13)8-3-5-19-11(8)17-9/h2-5H,6,13H2,1H3,(H,16,17,18). The van der Waals surface area contributed by atoms with Gasteiger partial charge in [-0.2, -0.15) is 0 Å². The van der Waals surface area contributed by atoms with Gasteiger partial charge in [0, 0.05) is 11.9 Å². The van der Waals surface area contributed by atoms with E-state index in [0.717, 1.165) is 21.1 Å². The summed E-state index contributed by atoms with van der Waals surface area (Å²) in [5.41, 5.74) is 3.56. The van der Waals surface area contributed by atoms with Gasteiger partial charge >= 0.3 is 0 Å². The van der Waals surface area contributed by atoms with Gasteiger partial charge in [0.1, 0.15) is 10.7 Å². The molecule has 0 aliphatic heterocycles. The van der Waals surface area contributed by atoms with Crippen LogP contribution in [-0.4, -0.2) is 19.9 Å². The Morgan fingerprint density at radius 3 is 3.00 bits per heavy atom. The van der Waals surface area contributed by atoms with Gasteiger partial charge in [0.15, 0.2) is 11.0 Å². The van der Waals surface area contributed by atoms with E-state index in [4.69, 9.17) is 5.84 Å². The summed E-state index contributed by atoms with van der Waals surface area (Å²) in [6.45, 7) is 1.94. The average Bonchev–Trinajstić information content (AvgIpc) is 2.92. The molecular weight excluding hydrogens is 292 g/mol. The van der Waals surface area contributed by atoms with Gasteiger partial charge in [-0.3, -0.25) is 0 Å². The van der Waals surface area contributed by atoms with E-state index in [1.165, 1.54) is 11.8 Å². The Morgan fingerprint density at radius 2 is 2.20 bits per heavy atom. The van der Waals surface area contributed by atoms with Crippen molar-refractivity contribution < 1.29 is 0 Å². The lowest BCUT2D eigenvalue weighted by atomic mass is 10.4. The maximum absolute atomic E-state index is 5.50. The third kappa shape index (κ3) is 2.72. The molecule has 20 heavy (non-hydrogen) atoms. The monoisotopic (exact) mass is 304 g/mol. The Hall–Kier alpha value is -1.77. The number of nitrogens with zero attached hydrogens (tertiary/aromatic N) is 4. The summed E-state index contributed by atoms with van der Waals surface area (Å²) in [6, 6.07) is 3.82. The van der Waals surface area contributed by atoms with E-state index in [1.807, 2.05) is 24.4 Å². The molecule has 0 radical (unpaired) electrons. The molecule has 0 atom stereocenters. The molecule has 3 aromatic rings. The van der Waals surface area contributed by atoms with Crippen LogP contribution in [0, 0.1) is 6.92 Å². The van der Waals surface area contributed by atoms with E-state index in [1.54, 1.807) is 17.5 Å². The summed E-state index contributed by atoms with van der Waals surface area (Å²) in [6.07, 6.45) is 1.75. The summed E-state index contributed by atoms with van der Waals surface area (Å²) in [4.78, 5) is 18.4. The van der Waals surface area contributed by atoms with E-state index in [-0.39, 0.29) is 0 Å². The molecule has 0 saturated heterocycles. The van der Waals surface area contributed by atoms with Crippen molar-refractivity contribution in [2.24, 2.45) is 5.84 Å². The molecule has 0 aromatic carbocycles. The van der Waals surface area contributed by atoms with Crippen molar-refractivity contribution in [3.63, 3.8) is 0 Å². The van der Waals surface area contributed by atoms with Crippen LogP contribution in [0.25, 0.3) is 10.2 Å². The van der Waals surface area contributed by atoms with Crippen molar-refractivity contribution in [3.05, 3.63) is 35.2 Å². The summed E-state index contributed by atoms with van der Waals surface area (Å²) < 4.78 is 0. The molecule has 0 bridgehead atoms. The zero-order valence-corrected chi connectivity index (χ0v) is 12.3. The maximum Gasteiger partial charge on any atom is 0.188 e. The van der Waals surface area contributed by atoms with Crippen LogP contribution < -0.4 is 11.3 Å². The van der Waals surface area contributed by atoms with Crippen LogP contribution in [0.5, 0.6) is 0 Å². The van der Waals surface area contributed by atoms with Crippen molar-refractivity contribution in [1.29, 1.82) is 0 Å². The number of nitrogen functional groups attached to an aromatic ring is 1. The Balaban J connectivity index is 1.83. The van der Waals surface area contributed by atoms with Crippen LogP contribution in [0.15, 0.2) is 28.9 Å².